The molecule has 2 heterocycles. The lowest BCUT2D eigenvalue weighted by atomic mass is 9.83. The van der Waals surface area contributed by atoms with Crippen molar-refractivity contribution in [2.45, 2.75) is 75.8 Å². The number of rotatable bonds is 16. The van der Waals surface area contributed by atoms with E-state index >= 15 is 0 Å². The third-order valence-corrected chi connectivity index (χ3v) is 11.6. The van der Waals surface area contributed by atoms with Gasteiger partial charge in [-0.15, -0.1) is 0 Å². The predicted octanol–water partition coefficient (Wildman–Crippen LogP) is 5.47. The lowest BCUT2D eigenvalue weighted by Gasteiger charge is -2.43. The Balaban J connectivity index is 1.31. The van der Waals surface area contributed by atoms with Crippen LogP contribution < -0.4 is 14.4 Å². The van der Waals surface area contributed by atoms with Crippen LogP contribution in [0, 0.1) is 19.8 Å². The molecule has 50 heavy (non-hydrogen) atoms. The molecule has 1 saturated heterocycles. The number of fused-ring (bicyclic) bond motifs is 1. The van der Waals surface area contributed by atoms with E-state index in [0.717, 1.165) is 65.6 Å². The van der Waals surface area contributed by atoms with Gasteiger partial charge < -0.3 is 33.7 Å². The molecular formula is C39H52N2O8S. The summed E-state index contributed by atoms with van der Waals surface area (Å²) in [5.74, 6) is 2.00. The third-order valence-electron chi connectivity index (χ3n) is 9.78. The van der Waals surface area contributed by atoms with Crippen LogP contribution in [0.25, 0.3) is 0 Å². The van der Waals surface area contributed by atoms with Crippen LogP contribution in [-0.4, -0.2) is 95.9 Å². The molecule has 0 unspecified atom stereocenters. The molecule has 11 heteroatoms. The van der Waals surface area contributed by atoms with Crippen LogP contribution >= 0.6 is 0 Å². The van der Waals surface area contributed by atoms with Crippen LogP contribution in [-0.2, 0) is 30.8 Å². The molecule has 2 aliphatic heterocycles. The van der Waals surface area contributed by atoms with E-state index in [9.17, 15) is 13.5 Å². The van der Waals surface area contributed by atoms with Gasteiger partial charge in [-0.1, -0.05) is 29.8 Å². The molecular weight excluding hydrogens is 657 g/mol. The lowest BCUT2D eigenvalue weighted by molar-refractivity contribution is -0.0917. The molecule has 1 saturated carbocycles. The highest BCUT2D eigenvalue weighted by Crippen LogP contribution is 2.39. The Labute approximate surface area is 297 Å². The quantitative estimate of drug-likeness (QED) is 0.194. The Morgan fingerprint density at radius 1 is 0.980 bits per heavy atom. The molecule has 0 aromatic heterocycles. The second kappa shape index (κ2) is 16.4. The molecule has 4 atom stereocenters. The van der Waals surface area contributed by atoms with Crippen molar-refractivity contribution in [1.82, 2.24) is 4.31 Å². The average molecular weight is 709 g/mol. The molecule has 3 aromatic carbocycles. The van der Waals surface area contributed by atoms with Crippen LogP contribution in [0.5, 0.6) is 11.5 Å². The molecule has 2 fully saturated rings. The van der Waals surface area contributed by atoms with Crippen LogP contribution in [0.1, 0.15) is 54.4 Å². The highest BCUT2D eigenvalue weighted by molar-refractivity contribution is 7.89. The third kappa shape index (κ3) is 8.99. The summed E-state index contributed by atoms with van der Waals surface area (Å²) in [4.78, 5) is 2.54. The monoisotopic (exact) mass is 708 g/mol. The molecule has 0 bridgehead atoms. The topological polar surface area (TPSA) is 107 Å². The number of anilines is 1. The Hall–Kier alpha value is -3.19. The van der Waals surface area contributed by atoms with Gasteiger partial charge in [0.15, 0.2) is 0 Å². The van der Waals surface area contributed by atoms with Gasteiger partial charge in [0.05, 0.1) is 55.3 Å². The zero-order chi connectivity index (χ0) is 35.3. The highest BCUT2D eigenvalue weighted by Gasteiger charge is 2.44. The number of piperidine rings is 1. The van der Waals surface area contributed by atoms with Gasteiger partial charge in [0, 0.05) is 39.3 Å². The van der Waals surface area contributed by atoms with Crippen molar-refractivity contribution in [3.05, 3.63) is 82.9 Å². The number of aryl methyl sites for hydroxylation is 2. The Morgan fingerprint density at radius 2 is 1.74 bits per heavy atom. The summed E-state index contributed by atoms with van der Waals surface area (Å²) in [5, 5.41) is 10.2. The molecule has 3 aromatic rings. The molecule has 3 aliphatic rings. The summed E-state index contributed by atoms with van der Waals surface area (Å²) in [5.41, 5.74) is 5.00. The van der Waals surface area contributed by atoms with Crippen LogP contribution in [0.15, 0.2) is 65.6 Å². The number of nitrogens with zero attached hydrogens (tertiary/aromatic N) is 2. The van der Waals surface area contributed by atoms with Crippen molar-refractivity contribution in [2.75, 3.05) is 64.6 Å². The molecule has 1 N–H and O–H groups in total. The fourth-order valence-corrected chi connectivity index (χ4v) is 8.29. The maximum atomic E-state index is 14.1. The number of ether oxygens (including phenoxy) is 5. The van der Waals surface area contributed by atoms with Gasteiger partial charge in [-0.3, -0.25) is 0 Å². The van der Waals surface area contributed by atoms with Gasteiger partial charge in [0.25, 0.3) is 0 Å². The van der Waals surface area contributed by atoms with E-state index in [2.05, 4.69) is 30.0 Å². The molecule has 272 valence electrons. The second-order valence-corrected chi connectivity index (χ2v) is 15.9. The number of hydrogen-bond acceptors (Lipinski definition) is 9. The van der Waals surface area contributed by atoms with Crippen molar-refractivity contribution in [2.24, 2.45) is 5.92 Å². The first-order valence-corrected chi connectivity index (χ1v) is 19.3. The van der Waals surface area contributed by atoms with Crippen molar-refractivity contribution >= 4 is 15.7 Å². The summed E-state index contributed by atoms with van der Waals surface area (Å²) in [6.45, 7) is 9.94. The number of sulfonamides is 1. The van der Waals surface area contributed by atoms with E-state index in [1.165, 1.54) is 17.1 Å². The SMILES string of the molecule is COCCCN1CCOc2ccc(CO[C@H]3CN(S(=O)(=O)c4ccc(C)cc4)C[C@@H](OC[C@@H](C)O)[C@@H]3c3ccc(OCC4CC4)cc3C)cc21. The average Bonchev–Trinajstić information content (AvgIpc) is 3.94. The molecule has 0 amide bonds. The van der Waals surface area contributed by atoms with E-state index in [4.69, 9.17) is 23.7 Å². The zero-order valence-electron chi connectivity index (χ0n) is 29.8. The fraction of sp³-hybridized carbons (Fsp3) is 0.538. The smallest absolute Gasteiger partial charge is 0.243 e. The van der Waals surface area contributed by atoms with Gasteiger partial charge >= 0.3 is 0 Å². The number of benzene rings is 3. The van der Waals surface area contributed by atoms with E-state index in [-0.39, 0.29) is 37.1 Å². The Morgan fingerprint density at radius 3 is 2.44 bits per heavy atom. The minimum atomic E-state index is -3.87. The number of aliphatic hydroxyl groups excluding tert-OH is 1. The standard InChI is InChI=1S/C39H52N2O8S/c1-27-6-12-33(13-7-27)50(43,44)41-22-37(48-24-29(3)42)39(34-14-11-32(20-28(34)2)47-25-30-8-9-30)38(23-41)49-26-31-10-15-36-35(21-31)40(17-19-46-36)16-5-18-45-4/h6-7,10-15,20-21,29-30,37-39,42H,5,8-9,16-19,22-26H2,1-4H3/t29-,37-,38+,39+/m1/s1. The second-order valence-electron chi connectivity index (χ2n) is 14.0. The first-order valence-electron chi connectivity index (χ1n) is 17.8. The summed E-state index contributed by atoms with van der Waals surface area (Å²) < 4.78 is 60.2. The van der Waals surface area contributed by atoms with Crippen molar-refractivity contribution < 1.29 is 37.2 Å². The molecule has 1 aliphatic carbocycles. The normalized spacial score (nSPS) is 21.8. The minimum Gasteiger partial charge on any atom is -0.493 e. The summed E-state index contributed by atoms with van der Waals surface area (Å²) in [6, 6.07) is 19.1. The van der Waals surface area contributed by atoms with Crippen molar-refractivity contribution in [3.63, 3.8) is 0 Å². The maximum absolute atomic E-state index is 14.1. The first kappa shape index (κ1) is 36.6. The molecule has 0 spiro atoms. The van der Waals surface area contributed by atoms with E-state index in [0.29, 0.717) is 19.1 Å². The van der Waals surface area contributed by atoms with Gasteiger partial charge in [-0.2, -0.15) is 4.31 Å². The Kier molecular flexibility index (Phi) is 12.0. The first-order chi connectivity index (χ1) is 24.1. The van der Waals surface area contributed by atoms with Crippen LogP contribution in [0.4, 0.5) is 5.69 Å². The molecule has 6 rings (SSSR count). The summed E-state index contributed by atoms with van der Waals surface area (Å²) in [6.07, 6.45) is 1.49. The number of methoxy groups -OCH3 is 1. The van der Waals surface area contributed by atoms with Crippen LogP contribution in [0.3, 0.4) is 0 Å². The van der Waals surface area contributed by atoms with E-state index in [1.54, 1.807) is 26.2 Å². The van der Waals surface area contributed by atoms with Crippen molar-refractivity contribution in [3.8, 4) is 11.5 Å². The van der Waals surface area contributed by atoms with E-state index < -0.39 is 28.3 Å². The van der Waals surface area contributed by atoms with Gasteiger partial charge in [0.1, 0.15) is 18.1 Å². The molecule has 10 nitrogen and oxygen atoms in total. The predicted molar refractivity (Wildman–Crippen MR) is 193 cm³/mol. The number of aliphatic hydroxyl groups is 1. The largest absolute Gasteiger partial charge is 0.493 e. The van der Waals surface area contributed by atoms with Gasteiger partial charge in [-0.25, -0.2) is 8.42 Å². The summed E-state index contributed by atoms with van der Waals surface area (Å²) in [7, 11) is -2.16. The Bertz CT molecular complexity index is 1680. The summed E-state index contributed by atoms with van der Waals surface area (Å²) >= 11 is 0. The fourth-order valence-electron chi connectivity index (χ4n) is 6.83. The zero-order valence-corrected chi connectivity index (χ0v) is 30.6. The van der Waals surface area contributed by atoms with E-state index in [1.807, 2.05) is 37.3 Å². The minimum absolute atomic E-state index is 0.0671. The van der Waals surface area contributed by atoms with Crippen molar-refractivity contribution in [1.29, 1.82) is 0 Å². The van der Waals surface area contributed by atoms with Crippen LogP contribution in [0.2, 0.25) is 0 Å². The lowest BCUT2D eigenvalue weighted by Crippen LogP contribution is -2.54. The molecule has 0 radical (unpaired) electrons. The maximum Gasteiger partial charge on any atom is 0.243 e. The number of hydrogen-bond donors (Lipinski definition) is 1. The highest BCUT2D eigenvalue weighted by atomic mass is 32.2. The van der Waals surface area contributed by atoms with Gasteiger partial charge in [0.2, 0.25) is 10.0 Å². The van der Waals surface area contributed by atoms with Gasteiger partial charge in [-0.05, 0) is 99.0 Å².